The number of carbonyl (C=O) groups excluding carboxylic acids is 1. The number of carbonyl (C=O) groups is 1. The molecule has 70 valence electrons. The van der Waals surface area contributed by atoms with E-state index in [9.17, 15) is 13.6 Å². The SMILES string of the molecule is O=Cc1ccccc1OCC(F)F. The summed E-state index contributed by atoms with van der Waals surface area (Å²) in [6.07, 6.45) is -1.96. The van der Waals surface area contributed by atoms with Crippen molar-refractivity contribution < 1.29 is 18.3 Å². The molecule has 0 heterocycles. The van der Waals surface area contributed by atoms with E-state index in [1.54, 1.807) is 12.1 Å². The summed E-state index contributed by atoms with van der Waals surface area (Å²) in [7, 11) is 0. The monoisotopic (exact) mass is 186 g/mol. The average molecular weight is 186 g/mol. The van der Waals surface area contributed by atoms with Gasteiger partial charge in [0.25, 0.3) is 6.43 Å². The molecule has 0 amide bonds. The van der Waals surface area contributed by atoms with E-state index in [0.29, 0.717) is 6.29 Å². The molecule has 0 unspecified atom stereocenters. The Balaban J connectivity index is 2.69. The number of alkyl halides is 2. The average Bonchev–Trinajstić information content (AvgIpc) is 2.15. The number of rotatable bonds is 4. The zero-order valence-corrected chi connectivity index (χ0v) is 6.74. The van der Waals surface area contributed by atoms with Gasteiger partial charge in [-0.3, -0.25) is 4.79 Å². The molecular formula is C9H8F2O2. The molecule has 0 N–H and O–H groups in total. The minimum Gasteiger partial charge on any atom is -0.487 e. The van der Waals surface area contributed by atoms with Gasteiger partial charge in [0.05, 0.1) is 5.56 Å². The van der Waals surface area contributed by atoms with Gasteiger partial charge in [0.2, 0.25) is 0 Å². The van der Waals surface area contributed by atoms with Crippen molar-refractivity contribution >= 4 is 6.29 Å². The number of benzene rings is 1. The normalized spacial score (nSPS) is 10.1. The van der Waals surface area contributed by atoms with Gasteiger partial charge in [0.1, 0.15) is 12.4 Å². The zero-order chi connectivity index (χ0) is 9.68. The third-order valence-electron chi connectivity index (χ3n) is 1.41. The van der Waals surface area contributed by atoms with E-state index in [-0.39, 0.29) is 11.3 Å². The first-order valence-electron chi connectivity index (χ1n) is 3.69. The highest BCUT2D eigenvalue weighted by Crippen LogP contribution is 2.15. The van der Waals surface area contributed by atoms with E-state index in [1.807, 2.05) is 0 Å². The van der Waals surface area contributed by atoms with Crippen molar-refractivity contribution in [2.75, 3.05) is 6.61 Å². The Hall–Kier alpha value is -1.45. The van der Waals surface area contributed by atoms with E-state index in [1.165, 1.54) is 12.1 Å². The summed E-state index contributed by atoms with van der Waals surface area (Å²) >= 11 is 0. The van der Waals surface area contributed by atoms with Crippen LogP contribution >= 0.6 is 0 Å². The van der Waals surface area contributed by atoms with Crippen LogP contribution in [0.2, 0.25) is 0 Å². The smallest absolute Gasteiger partial charge is 0.272 e. The zero-order valence-electron chi connectivity index (χ0n) is 6.74. The van der Waals surface area contributed by atoms with Crippen molar-refractivity contribution in [2.45, 2.75) is 6.43 Å². The van der Waals surface area contributed by atoms with Gasteiger partial charge in [0, 0.05) is 0 Å². The Morgan fingerprint density at radius 2 is 2.08 bits per heavy atom. The molecule has 0 saturated heterocycles. The molecule has 4 heteroatoms. The Kier molecular flexibility index (Phi) is 3.37. The van der Waals surface area contributed by atoms with Crippen molar-refractivity contribution in [3.05, 3.63) is 29.8 Å². The summed E-state index contributed by atoms with van der Waals surface area (Å²) in [6.45, 7) is -0.690. The van der Waals surface area contributed by atoms with Gasteiger partial charge in [-0.2, -0.15) is 0 Å². The Morgan fingerprint density at radius 3 is 2.69 bits per heavy atom. The molecule has 1 rings (SSSR count). The molecule has 2 nitrogen and oxygen atoms in total. The van der Waals surface area contributed by atoms with Gasteiger partial charge < -0.3 is 4.74 Å². The Labute approximate surface area is 74.1 Å². The highest BCUT2D eigenvalue weighted by molar-refractivity contribution is 5.79. The van der Waals surface area contributed by atoms with Gasteiger partial charge in [0.15, 0.2) is 6.29 Å². The van der Waals surface area contributed by atoms with Crippen LogP contribution in [-0.2, 0) is 0 Å². The third kappa shape index (κ3) is 2.82. The highest BCUT2D eigenvalue weighted by Gasteiger charge is 2.06. The molecule has 1 aromatic carbocycles. The molecule has 0 aliphatic carbocycles. The predicted octanol–water partition coefficient (Wildman–Crippen LogP) is 2.14. The fourth-order valence-corrected chi connectivity index (χ4v) is 0.862. The lowest BCUT2D eigenvalue weighted by atomic mass is 10.2. The maximum absolute atomic E-state index is 11.7. The molecule has 0 aliphatic rings. The summed E-state index contributed by atoms with van der Waals surface area (Å²) in [5.74, 6) is 0.192. The molecule has 0 bridgehead atoms. The first kappa shape index (κ1) is 9.64. The minimum atomic E-state index is -2.53. The summed E-state index contributed by atoms with van der Waals surface area (Å²) in [6, 6.07) is 6.24. The molecule has 0 spiro atoms. The Bertz CT molecular complexity index is 287. The second-order valence-corrected chi connectivity index (χ2v) is 2.36. The van der Waals surface area contributed by atoms with Gasteiger partial charge in [-0.25, -0.2) is 8.78 Å². The van der Waals surface area contributed by atoms with Crippen LogP contribution in [-0.4, -0.2) is 19.3 Å². The Morgan fingerprint density at radius 1 is 1.38 bits per heavy atom. The molecule has 1 aromatic rings. The molecule has 0 saturated carbocycles. The highest BCUT2D eigenvalue weighted by atomic mass is 19.3. The van der Waals surface area contributed by atoms with Gasteiger partial charge in [-0.1, -0.05) is 12.1 Å². The predicted molar refractivity (Wildman–Crippen MR) is 43.3 cm³/mol. The fraction of sp³-hybridized carbons (Fsp3) is 0.222. The number of hydrogen-bond donors (Lipinski definition) is 0. The van der Waals surface area contributed by atoms with E-state index in [0.717, 1.165) is 0 Å². The van der Waals surface area contributed by atoms with Gasteiger partial charge >= 0.3 is 0 Å². The van der Waals surface area contributed by atoms with E-state index < -0.39 is 13.0 Å². The number of para-hydroxylation sites is 1. The fourth-order valence-electron chi connectivity index (χ4n) is 0.862. The standard InChI is InChI=1S/C9H8F2O2/c10-9(11)6-13-8-4-2-1-3-7(8)5-12/h1-5,9H,6H2. The van der Waals surface area contributed by atoms with Gasteiger partial charge in [-0.15, -0.1) is 0 Å². The number of aldehydes is 1. The van der Waals surface area contributed by atoms with Crippen molar-refractivity contribution in [1.29, 1.82) is 0 Å². The minimum absolute atomic E-state index is 0.192. The van der Waals surface area contributed by atoms with Crippen LogP contribution in [0.3, 0.4) is 0 Å². The van der Waals surface area contributed by atoms with Crippen molar-refractivity contribution in [1.82, 2.24) is 0 Å². The topological polar surface area (TPSA) is 26.3 Å². The summed E-state index contributed by atoms with van der Waals surface area (Å²) < 4.78 is 28.2. The lowest BCUT2D eigenvalue weighted by Crippen LogP contribution is -2.08. The maximum atomic E-state index is 11.7. The summed E-state index contributed by atoms with van der Waals surface area (Å²) in [4.78, 5) is 10.4. The number of hydrogen-bond acceptors (Lipinski definition) is 2. The molecule has 13 heavy (non-hydrogen) atoms. The van der Waals surface area contributed by atoms with Crippen LogP contribution < -0.4 is 4.74 Å². The molecule has 0 aliphatic heterocycles. The number of halogens is 2. The van der Waals surface area contributed by atoms with Crippen LogP contribution in [0.5, 0.6) is 5.75 Å². The molecule has 0 radical (unpaired) electrons. The van der Waals surface area contributed by atoms with E-state index in [4.69, 9.17) is 4.74 Å². The lowest BCUT2D eigenvalue weighted by molar-refractivity contribution is 0.0809. The van der Waals surface area contributed by atoms with E-state index >= 15 is 0 Å². The first-order valence-corrected chi connectivity index (χ1v) is 3.69. The largest absolute Gasteiger partial charge is 0.487 e. The maximum Gasteiger partial charge on any atom is 0.272 e. The second-order valence-electron chi connectivity index (χ2n) is 2.36. The first-order chi connectivity index (χ1) is 6.24. The van der Waals surface area contributed by atoms with Crippen molar-refractivity contribution in [3.8, 4) is 5.75 Å². The lowest BCUT2D eigenvalue weighted by Gasteiger charge is -2.06. The van der Waals surface area contributed by atoms with Crippen molar-refractivity contribution in [3.63, 3.8) is 0 Å². The second kappa shape index (κ2) is 4.54. The quantitative estimate of drug-likeness (QED) is 0.673. The van der Waals surface area contributed by atoms with Crippen LogP contribution in [0.1, 0.15) is 10.4 Å². The number of ether oxygens (including phenoxy) is 1. The molecule has 0 fully saturated rings. The van der Waals surface area contributed by atoms with Gasteiger partial charge in [-0.05, 0) is 12.1 Å². The van der Waals surface area contributed by atoms with Crippen LogP contribution in [0.25, 0.3) is 0 Å². The summed E-state index contributed by atoms with van der Waals surface area (Å²) in [5.41, 5.74) is 0.281. The van der Waals surface area contributed by atoms with Crippen LogP contribution in [0, 0.1) is 0 Å². The molecule has 0 atom stereocenters. The van der Waals surface area contributed by atoms with Crippen LogP contribution in [0.4, 0.5) is 8.78 Å². The van der Waals surface area contributed by atoms with Crippen molar-refractivity contribution in [2.24, 2.45) is 0 Å². The molecule has 0 aromatic heterocycles. The third-order valence-corrected chi connectivity index (χ3v) is 1.41. The summed E-state index contributed by atoms with van der Waals surface area (Å²) in [5, 5.41) is 0. The molecular weight excluding hydrogens is 178 g/mol. The van der Waals surface area contributed by atoms with Crippen LogP contribution in [0.15, 0.2) is 24.3 Å². The van der Waals surface area contributed by atoms with E-state index in [2.05, 4.69) is 0 Å².